The van der Waals surface area contributed by atoms with Gasteiger partial charge in [0.1, 0.15) is 0 Å². The van der Waals surface area contributed by atoms with Crippen molar-refractivity contribution in [1.82, 2.24) is 9.78 Å². The Hall–Kier alpha value is -1.28. The van der Waals surface area contributed by atoms with E-state index < -0.39 is 0 Å². The second-order valence-corrected chi connectivity index (χ2v) is 6.28. The van der Waals surface area contributed by atoms with Gasteiger partial charge in [0.15, 0.2) is 0 Å². The van der Waals surface area contributed by atoms with Crippen molar-refractivity contribution in [3.63, 3.8) is 0 Å². The maximum atomic E-state index is 6.62. The lowest BCUT2D eigenvalue weighted by atomic mass is 10.00. The minimum absolute atomic E-state index is 0.125. The van der Waals surface area contributed by atoms with Crippen LogP contribution in [-0.2, 0) is 12.8 Å². The summed E-state index contributed by atoms with van der Waals surface area (Å²) in [5.41, 5.74) is 3.87. The highest BCUT2D eigenvalue weighted by atomic mass is 35.5. The van der Waals surface area contributed by atoms with Crippen LogP contribution in [0.1, 0.15) is 48.5 Å². The predicted octanol–water partition coefficient (Wildman–Crippen LogP) is 4.55. The summed E-state index contributed by atoms with van der Waals surface area (Å²) in [7, 11) is 0. The number of fused-ring (bicyclic) bond motifs is 1. The molecule has 2 nitrogen and oxygen atoms in total. The van der Waals surface area contributed by atoms with Crippen molar-refractivity contribution in [2.75, 3.05) is 0 Å². The van der Waals surface area contributed by atoms with E-state index in [2.05, 4.69) is 55.1 Å². The van der Waals surface area contributed by atoms with Gasteiger partial charge in [-0.1, -0.05) is 31.2 Å². The number of benzene rings is 1. The summed E-state index contributed by atoms with van der Waals surface area (Å²) in [6, 6.07) is 11.1. The maximum absolute atomic E-state index is 6.62. The van der Waals surface area contributed by atoms with Gasteiger partial charge in [-0.15, -0.1) is 11.6 Å². The molecule has 1 aromatic heterocycles. The molecule has 3 rings (SSSR count). The molecule has 3 unspecified atom stereocenters. The first-order chi connectivity index (χ1) is 9.69. The van der Waals surface area contributed by atoms with E-state index in [9.17, 15) is 0 Å². The maximum Gasteiger partial charge on any atom is 0.0628 e. The van der Waals surface area contributed by atoms with E-state index in [1.54, 1.807) is 0 Å². The van der Waals surface area contributed by atoms with Crippen molar-refractivity contribution < 1.29 is 0 Å². The van der Waals surface area contributed by atoms with Crippen LogP contribution in [0.5, 0.6) is 0 Å². The van der Waals surface area contributed by atoms with Crippen molar-refractivity contribution in [2.45, 2.75) is 44.5 Å². The van der Waals surface area contributed by atoms with E-state index in [0.29, 0.717) is 12.0 Å². The molecule has 1 aromatic carbocycles. The number of nitrogens with zero attached hydrogens (tertiary/aromatic N) is 2. The molecule has 3 heteroatoms. The summed E-state index contributed by atoms with van der Waals surface area (Å²) in [6.45, 7) is 4.39. The van der Waals surface area contributed by atoms with Crippen LogP contribution in [0.25, 0.3) is 0 Å². The Morgan fingerprint density at radius 1 is 1.35 bits per heavy atom. The second-order valence-electron chi connectivity index (χ2n) is 5.81. The molecule has 1 aliphatic carbocycles. The van der Waals surface area contributed by atoms with Gasteiger partial charge in [0, 0.05) is 12.2 Å². The third-order valence-electron chi connectivity index (χ3n) is 4.43. The lowest BCUT2D eigenvalue weighted by Crippen LogP contribution is -2.09. The molecule has 0 fully saturated rings. The van der Waals surface area contributed by atoms with Crippen LogP contribution in [0.2, 0.25) is 0 Å². The summed E-state index contributed by atoms with van der Waals surface area (Å²) < 4.78 is 2.07. The number of hydrogen-bond donors (Lipinski definition) is 0. The fourth-order valence-corrected chi connectivity index (χ4v) is 3.38. The van der Waals surface area contributed by atoms with E-state index in [1.165, 1.54) is 11.1 Å². The van der Waals surface area contributed by atoms with Crippen molar-refractivity contribution in [2.24, 2.45) is 5.92 Å². The van der Waals surface area contributed by atoms with Crippen molar-refractivity contribution in [1.29, 1.82) is 0 Å². The smallest absolute Gasteiger partial charge is 0.0628 e. The molecule has 106 valence electrons. The Bertz CT molecular complexity index is 590. The van der Waals surface area contributed by atoms with Crippen molar-refractivity contribution >= 4 is 11.6 Å². The number of hydrogen-bond acceptors (Lipinski definition) is 1. The third-order valence-corrected chi connectivity index (χ3v) is 5.02. The number of rotatable bonds is 4. The zero-order valence-corrected chi connectivity index (χ0v) is 12.8. The van der Waals surface area contributed by atoms with E-state index in [4.69, 9.17) is 16.7 Å². The van der Waals surface area contributed by atoms with Crippen LogP contribution in [0.4, 0.5) is 0 Å². The van der Waals surface area contributed by atoms with Crippen LogP contribution in [0.3, 0.4) is 0 Å². The highest BCUT2D eigenvalue weighted by Crippen LogP contribution is 2.42. The summed E-state index contributed by atoms with van der Waals surface area (Å²) in [6.07, 6.45) is 5.23. The van der Waals surface area contributed by atoms with Gasteiger partial charge in [-0.3, -0.25) is 4.68 Å². The van der Waals surface area contributed by atoms with Crippen molar-refractivity contribution in [3.8, 4) is 0 Å². The SMILES string of the molecule is CCC(C)n1ccc(CC2Cc3ccccc3C2Cl)n1. The predicted molar refractivity (Wildman–Crippen MR) is 83.2 cm³/mol. The second kappa shape index (κ2) is 5.61. The molecular formula is C17H21ClN2. The number of alkyl halides is 1. The normalized spacial score (nSPS) is 22.8. The molecule has 0 saturated heterocycles. The third kappa shape index (κ3) is 2.49. The minimum Gasteiger partial charge on any atom is -0.270 e. The number of halogens is 1. The van der Waals surface area contributed by atoms with Gasteiger partial charge in [0.25, 0.3) is 0 Å². The van der Waals surface area contributed by atoms with Gasteiger partial charge in [0.2, 0.25) is 0 Å². The molecule has 0 bridgehead atoms. The van der Waals surface area contributed by atoms with Crippen LogP contribution < -0.4 is 0 Å². The molecule has 0 N–H and O–H groups in total. The molecule has 0 radical (unpaired) electrons. The van der Waals surface area contributed by atoms with E-state index in [1.807, 2.05) is 0 Å². The summed E-state index contributed by atoms with van der Waals surface area (Å²) in [5.74, 6) is 0.467. The molecule has 3 atom stereocenters. The van der Waals surface area contributed by atoms with Gasteiger partial charge in [-0.05, 0) is 49.3 Å². The fraction of sp³-hybridized carbons (Fsp3) is 0.471. The average Bonchev–Trinajstić information content (AvgIpc) is 3.05. The zero-order valence-electron chi connectivity index (χ0n) is 12.1. The Morgan fingerprint density at radius 3 is 2.90 bits per heavy atom. The van der Waals surface area contributed by atoms with Crippen LogP contribution in [0, 0.1) is 5.92 Å². The van der Waals surface area contributed by atoms with E-state index >= 15 is 0 Å². The molecular weight excluding hydrogens is 268 g/mol. The van der Waals surface area contributed by atoms with Crippen LogP contribution >= 0.6 is 11.6 Å². The average molecular weight is 289 g/mol. The molecule has 20 heavy (non-hydrogen) atoms. The summed E-state index contributed by atoms with van der Waals surface area (Å²) in [5, 5.41) is 4.82. The molecule has 0 spiro atoms. The number of aromatic nitrogens is 2. The first-order valence-corrected chi connectivity index (χ1v) is 7.88. The fourth-order valence-electron chi connectivity index (χ4n) is 2.99. The standard InChI is InChI=1S/C17H21ClN2/c1-3-12(2)20-9-8-15(19-20)11-14-10-13-6-4-5-7-16(13)17(14)18/h4-9,12,14,17H,3,10-11H2,1-2H3. The highest BCUT2D eigenvalue weighted by molar-refractivity contribution is 6.21. The first kappa shape index (κ1) is 13.7. The largest absolute Gasteiger partial charge is 0.270 e. The highest BCUT2D eigenvalue weighted by Gasteiger charge is 2.31. The molecule has 1 heterocycles. The first-order valence-electron chi connectivity index (χ1n) is 7.45. The van der Waals surface area contributed by atoms with Gasteiger partial charge >= 0.3 is 0 Å². The van der Waals surface area contributed by atoms with Gasteiger partial charge in [-0.2, -0.15) is 5.10 Å². The Kier molecular flexibility index (Phi) is 3.84. The Balaban J connectivity index is 1.72. The monoisotopic (exact) mass is 288 g/mol. The molecule has 1 aliphatic rings. The van der Waals surface area contributed by atoms with Gasteiger partial charge in [-0.25, -0.2) is 0 Å². The summed E-state index contributed by atoms with van der Waals surface area (Å²) in [4.78, 5) is 0. The Morgan fingerprint density at radius 2 is 2.15 bits per heavy atom. The molecule has 0 amide bonds. The quantitative estimate of drug-likeness (QED) is 0.755. The lowest BCUT2D eigenvalue weighted by Gasteiger charge is -2.13. The van der Waals surface area contributed by atoms with Gasteiger partial charge < -0.3 is 0 Å². The van der Waals surface area contributed by atoms with Crippen LogP contribution in [0.15, 0.2) is 36.5 Å². The summed E-state index contributed by atoms with van der Waals surface area (Å²) >= 11 is 6.62. The van der Waals surface area contributed by atoms with E-state index in [-0.39, 0.29) is 5.38 Å². The topological polar surface area (TPSA) is 17.8 Å². The lowest BCUT2D eigenvalue weighted by molar-refractivity contribution is 0.464. The van der Waals surface area contributed by atoms with Crippen LogP contribution in [-0.4, -0.2) is 9.78 Å². The molecule has 0 saturated carbocycles. The minimum atomic E-state index is 0.125. The molecule has 2 aromatic rings. The zero-order chi connectivity index (χ0) is 14.1. The van der Waals surface area contributed by atoms with Crippen molar-refractivity contribution in [3.05, 3.63) is 53.3 Å². The van der Waals surface area contributed by atoms with Gasteiger partial charge in [0.05, 0.1) is 11.1 Å². The Labute approximate surface area is 125 Å². The van der Waals surface area contributed by atoms with E-state index in [0.717, 1.165) is 25.0 Å². The molecule has 0 aliphatic heterocycles.